The molecule has 132 valence electrons. The molecule has 1 aliphatic heterocycles. The first-order valence-corrected chi connectivity index (χ1v) is 8.54. The van der Waals surface area contributed by atoms with Crippen molar-refractivity contribution < 1.29 is 14.3 Å². The zero-order valence-corrected chi connectivity index (χ0v) is 14.5. The lowest BCUT2D eigenvalue weighted by Gasteiger charge is -2.32. The Balaban J connectivity index is 0.00000192. The number of ether oxygens (including phenoxy) is 1. The molecule has 2 aliphatic carbocycles. The molecule has 0 aromatic carbocycles. The second-order valence-corrected chi connectivity index (χ2v) is 6.84. The van der Waals surface area contributed by atoms with Crippen LogP contribution in [0, 0.1) is 17.8 Å². The first-order chi connectivity index (χ1) is 10.6. The van der Waals surface area contributed by atoms with Gasteiger partial charge < -0.3 is 20.7 Å². The summed E-state index contributed by atoms with van der Waals surface area (Å²) >= 11 is 0. The third-order valence-electron chi connectivity index (χ3n) is 5.63. The van der Waals surface area contributed by atoms with Gasteiger partial charge in [0.15, 0.2) is 0 Å². The lowest BCUT2D eigenvalue weighted by molar-refractivity contribution is -0.141. The van der Waals surface area contributed by atoms with Gasteiger partial charge in [-0.2, -0.15) is 0 Å². The van der Waals surface area contributed by atoms with E-state index in [0.29, 0.717) is 44.6 Å². The summed E-state index contributed by atoms with van der Waals surface area (Å²) < 4.78 is 5.28. The minimum absolute atomic E-state index is 0. The number of rotatable bonds is 4. The number of halogens is 1. The second-order valence-electron chi connectivity index (χ2n) is 6.84. The normalized spacial score (nSPS) is 33.9. The van der Waals surface area contributed by atoms with Crippen molar-refractivity contribution in [2.75, 3.05) is 26.3 Å². The summed E-state index contributed by atoms with van der Waals surface area (Å²) in [7, 11) is 0. The van der Waals surface area contributed by atoms with Crippen LogP contribution in [0.15, 0.2) is 0 Å². The van der Waals surface area contributed by atoms with Crippen molar-refractivity contribution in [2.45, 2.75) is 44.7 Å². The smallest absolute Gasteiger partial charge is 0.245 e. The fraction of sp³-hybridized carbons (Fsp3) is 0.875. The van der Waals surface area contributed by atoms with Crippen molar-refractivity contribution in [3.05, 3.63) is 0 Å². The highest BCUT2D eigenvalue weighted by Crippen LogP contribution is 2.47. The lowest BCUT2D eigenvalue weighted by Crippen LogP contribution is -2.54. The summed E-state index contributed by atoms with van der Waals surface area (Å²) in [6, 6.07) is -0.466. The first-order valence-electron chi connectivity index (χ1n) is 8.54. The Morgan fingerprint density at radius 2 is 1.91 bits per heavy atom. The molecule has 1 heterocycles. The summed E-state index contributed by atoms with van der Waals surface area (Å²) in [5.41, 5.74) is 6.23. The van der Waals surface area contributed by atoms with E-state index in [-0.39, 0.29) is 36.2 Å². The molecule has 2 bridgehead atoms. The van der Waals surface area contributed by atoms with Crippen molar-refractivity contribution in [3.8, 4) is 0 Å². The zero-order chi connectivity index (χ0) is 15.7. The Morgan fingerprint density at radius 1 is 1.26 bits per heavy atom. The molecule has 2 saturated carbocycles. The third-order valence-corrected chi connectivity index (χ3v) is 5.63. The maximum absolute atomic E-state index is 12.6. The quantitative estimate of drug-likeness (QED) is 0.778. The third kappa shape index (κ3) is 3.64. The van der Waals surface area contributed by atoms with Gasteiger partial charge in [-0.1, -0.05) is 6.92 Å². The molecule has 5 atom stereocenters. The van der Waals surface area contributed by atoms with E-state index >= 15 is 0 Å². The number of nitrogens with one attached hydrogen (secondary N) is 1. The molecule has 7 heteroatoms. The van der Waals surface area contributed by atoms with Crippen LogP contribution in [0.3, 0.4) is 0 Å². The lowest BCUT2D eigenvalue weighted by atomic mass is 9.84. The highest BCUT2D eigenvalue weighted by atomic mass is 35.5. The van der Waals surface area contributed by atoms with Crippen LogP contribution in [0.25, 0.3) is 0 Å². The fourth-order valence-corrected chi connectivity index (χ4v) is 4.34. The molecule has 2 amide bonds. The van der Waals surface area contributed by atoms with Crippen LogP contribution >= 0.6 is 12.4 Å². The van der Waals surface area contributed by atoms with E-state index in [1.54, 1.807) is 4.90 Å². The van der Waals surface area contributed by atoms with Crippen molar-refractivity contribution >= 4 is 24.2 Å². The molecular weight excluding hydrogens is 318 g/mol. The van der Waals surface area contributed by atoms with Gasteiger partial charge >= 0.3 is 0 Å². The van der Waals surface area contributed by atoms with E-state index in [9.17, 15) is 9.59 Å². The van der Waals surface area contributed by atoms with Gasteiger partial charge in [0.05, 0.1) is 19.1 Å². The molecule has 23 heavy (non-hydrogen) atoms. The molecule has 0 radical (unpaired) electrons. The molecule has 5 unspecified atom stereocenters. The van der Waals surface area contributed by atoms with Gasteiger partial charge in [-0.25, -0.2) is 0 Å². The molecule has 6 nitrogen and oxygen atoms in total. The van der Waals surface area contributed by atoms with Crippen molar-refractivity contribution in [1.82, 2.24) is 10.2 Å². The van der Waals surface area contributed by atoms with Crippen LogP contribution < -0.4 is 11.1 Å². The van der Waals surface area contributed by atoms with E-state index < -0.39 is 6.04 Å². The van der Waals surface area contributed by atoms with Crippen LogP contribution in [-0.4, -0.2) is 55.1 Å². The first kappa shape index (κ1) is 18.5. The topological polar surface area (TPSA) is 84.7 Å². The molecule has 3 aliphatic rings. The number of nitrogens with zero attached hydrogens (tertiary/aromatic N) is 1. The Labute approximate surface area is 143 Å². The summed E-state index contributed by atoms with van der Waals surface area (Å²) in [5, 5.41) is 2.97. The Hall–Kier alpha value is -0.850. The fourth-order valence-electron chi connectivity index (χ4n) is 4.34. The van der Waals surface area contributed by atoms with Gasteiger partial charge in [-0.3, -0.25) is 9.59 Å². The van der Waals surface area contributed by atoms with Gasteiger partial charge in [0.1, 0.15) is 6.04 Å². The van der Waals surface area contributed by atoms with E-state index in [4.69, 9.17) is 10.5 Å². The number of fused-ring (bicyclic) bond motifs is 2. The van der Waals surface area contributed by atoms with Crippen LogP contribution in [0.1, 0.15) is 32.6 Å². The van der Waals surface area contributed by atoms with Crippen molar-refractivity contribution in [3.63, 3.8) is 0 Å². The van der Waals surface area contributed by atoms with Crippen LogP contribution in [-0.2, 0) is 14.3 Å². The average molecular weight is 346 g/mol. The maximum Gasteiger partial charge on any atom is 0.245 e. The highest BCUT2D eigenvalue weighted by Gasteiger charge is 2.49. The predicted molar refractivity (Wildman–Crippen MR) is 89.2 cm³/mol. The van der Waals surface area contributed by atoms with Gasteiger partial charge in [0, 0.05) is 19.1 Å². The number of nitrogens with two attached hydrogens (primary N) is 1. The molecular formula is C16H28ClN3O3. The number of carbonyl (C=O) groups excluding carboxylic acids is 2. The maximum atomic E-state index is 12.6. The number of morpholine rings is 1. The average Bonchev–Trinajstić information content (AvgIpc) is 3.13. The summed E-state index contributed by atoms with van der Waals surface area (Å²) in [6.07, 6.45) is 3.94. The van der Waals surface area contributed by atoms with Crippen molar-refractivity contribution in [1.29, 1.82) is 0 Å². The standard InChI is InChI=1S/C16H27N3O3.ClH/c1-2-12(16(21)19-5-7-22-8-6-19)18-15(20)13-10-3-4-11(9-10)14(13)17;/h10-14H,2-9,17H2,1H3,(H,18,20);1H. The van der Waals surface area contributed by atoms with Crippen LogP contribution in [0.4, 0.5) is 0 Å². The molecule has 0 aromatic rings. The monoisotopic (exact) mass is 345 g/mol. The van der Waals surface area contributed by atoms with Crippen molar-refractivity contribution in [2.24, 2.45) is 23.5 Å². The molecule has 3 N–H and O–H groups in total. The Bertz CT molecular complexity index is 440. The number of amides is 2. The van der Waals surface area contributed by atoms with Crippen LogP contribution in [0.2, 0.25) is 0 Å². The largest absolute Gasteiger partial charge is 0.378 e. The summed E-state index contributed by atoms with van der Waals surface area (Å²) in [4.78, 5) is 27.0. The van der Waals surface area contributed by atoms with Gasteiger partial charge in [0.25, 0.3) is 0 Å². The molecule has 3 rings (SSSR count). The zero-order valence-electron chi connectivity index (χ0n) is 13.7. The summed E-state index contributed by atoms with van der Waals surface area (Å²) in [6.45, 7) is 4.31. The molecule has 0 aromatic heterocycles. The Morgan fingerprint density at radius 3 is 2.48 bits per heavy atom. The second kappa shape index (κ2) is 7.81. The number of hydrogen-bond acceptors (Lipinski definition) is 4. The SMILES string of the molecule is CCC(NC(=O)C1C2CCC(C2)C1N)C(=O)N1CCOCC1.Cl. The molecule has 1 saturated heterocycles. The molecule has 0 spiro atoms. The van der Waals surface area contributed by atoms with Gasteiger partial charge in [-0.15, -0.1) is 12.4 Å². The Kier molecular flexibility index (Phi) is 6.28. The molecule has 3 fully saturated rings. The predicted octanol–water partition coefficient (Wildman–Crippen LogP) is 0.535. The minimum Gasteiger partial charge on any atom is -0.378 e. The van der Waals surface area contributed by atoms with E-state index in [0.717, 1.165) is 19.3 Å². The van der Waals surface area contributed by atoms with Crippen LogP contribution in [0.5, 0.6) is 0 Å². The van der Waals surface area contributed by atoms with E-state index in [2.05, 4.69) is 5.32 Å². The minimum atomic E-state index is -0.433. The van der Waals surface area contributed by atoms with Gasteiger partial charge in [-0.05, 0) is 37.5 Å². The van der Waals surface area contributed by atoms with E-state index in [1.807, 2.05) is 6.92 Å². The number of hydrogen-bond donors (Lipinski definition) is 2. The van der Waals surface area contributed by atoms with E-state index in [1.165, 1.54) is 0 Å². The van der Waals surface area contributed by atoms with Gasteiger partial charge in [0.2, 0.25) is 11.8 Å². The highest BCUT2D eigenvalue weighted by molar-refractivity contribution is 5.89. The summed E-state index contributed by atoms with van der Waals surface area (Å²) in [5.74, 6) is 0.793. The number of carbonyl (C=O) groups is 2.